The quantitative estimate of drug-likeness (QED) is 0.161. The fraction of sp³-hybridized carbons (Fsp3) is 0. The Hall–Kier alpha value is -5.25. The molecule has 7 rings (SSSR count). The van der Waals surface area contributed by atoms with Crippen LogP contribution in [-0.2, 0) is 0 Å². The summed E-state index contributed by atoms with van der Waals surface area (Å²) < 4.78 is 2.17. The SMILES string of the molecule is c1ccc(-c2nn(-c3ccccc3)c(-c3ccccc3)c2[Si](c2ccccc2)(c2ccccc2)c2ccccc2)cc1. The Morgan fingerprint density at radius 3 is 1.17 bits per heavy atom. The Morgan fingerprint density at radius 2 is 0.738 bits per heavy atom. The van der Waals surface area contributed by atoms with Gasteiger partial charge in [0.1, 0.15) is 0 Å². The van der Waals surface area contributed by atoms with Gasteiger partial charge >= 0.3 is 0 Å². The zero-order valence-corrected chi connectivity index (χ0v) is 24.2. The summed E-state index contributed by atoms with van der Waals surface area (Å²) in [5.41, 5.74) is 5.44. The molecule has 0 aliphatic rings. The van der Waals surface area contributed by atoms with E-state index < -0.39 is 8.07 Å². The molecule has 0 N–H and O–H groups in total. The van der Waals surface area contributed by atoms with E-state index in [0.717, 1.165) is 28.2 Å². The predicted molar refractivity (Wildman–Crippen MR) is 178 cm³/mol. The van der Waals surface area contributed by atoms with Crippen LogP contribution in [0.5, 0.6) is 0 Å². The Labute approximate surface area is 248 Å². The fourth-order valence-electron chi connectivity index (χ4n) is 6.19. The van der Waals surface area contributed by atoms with Crippen molar-refractivity contribution in [3.63, 3.8) is 0 Å². The molecule has 0 fully saturated rings. The monoisotopic (exact) mass is 554 g/mol. The lowest BCUT2D eigenvalue weighted by molar-refractivity contribution is 0.892. The van der Waals surface area contributed by atoms with Crippen molar-refractivity contribution in [1.82, 2.24) is 9.78 Å². The minimum atomic E-state index is -2.95. The number of hydrogen-bond acceptors (Lipinski definition) is 1. The lowest BCUT2D eigenvalue weighted by atomic mass is 10.1. The fourth-order valence-corrected chi connectivity index (χ4v) is 11.3. The number of aromatic nitrogens is 2. The van der Waals surface area contributed by atoms with Gasteiger partial charge in [-0.1, -0.05) is 170 Å². The molecule has 0 amide bonds. The van der Waals surface area contributed by atoms with Gasteiger partial charge in [0.2, 0.25) is 0 Å². The zero-order valence-electron chi connectivity index (χ0n) is 23.2. The number of rotatable bonds is 7. The molecule has 0 spiro atoms. The molecule has 0 aliphatic heterocycles. The third-order valence-electron chi connectivity index (χ3n) is 7.98. The Kier molecular flexibility index (Phi) is 6.93. The predicted octanol–water partition coefficient (Wildman–Crippen LogP) is 6.58. The zero-order chi connectivity index (χ0) is 28.2. The molecule has 6 aromatic carbocycles. The van der Waals surface area contributed by atoms with Gasteiger partial charge in [0.15, 0.2) is 8.07 Å². The standard InChI is InChI=1S/C39H30N2Si/c1-7-19-31(20-8-1)37-39(38(32-21-9-2-10-22-32)41(40-37)33-23-11-3-12-24-33)42(34-25-13-4-14-26-34,35-27-15-5-16-28-35)36-29-17-6-18-30-36/h1-30H. The molecule has 3 heteroatoms. The molecule has 42 heavy (non-hydrogen) atoms. The third-order valence-corrected chi connectivity index (χ3v) is 12.8. The van der Waals surface area contributed by atoms with Crippen LogP contribution in [0.3, 0.4) is 0 Å². The van der Waals surface area contributed by atoms with E-state index in [-0.39, 0.29) is 0 Å². The van der Waals surface area contributed by atoms with Crippen molar-refractivity contribution in [2.45, 2.75) is 0 Å². The second-order valence-corrected chi connectivity index (χ2v) is 14.1. The maximum atomic E-state index is 5.52. The summed E-state index contributed by atoms with van der Waals surface area (Å²) in [6, 6.07) is 65.3. The molecule has 1 heterocycles. The highest BCUT2D eigenvalue weighted by Gasteiger charge is 2.47. The molecule has 200 valence electrons. The number of benzene rings is 6. The molecule has 7 aromatic rings. The average Bonchev–Trinajstić information content (AvgIpc) is 3.49. The molecule has 0 radical (unpaired) electrons. The van der Waals surface area contributed by atoms with Crippen LogP contribution in [0.1, 0.15) is 0 Å². The normalized spacial score (nSPS) is 11.3. The first-order chi connectivity index (χ1) is 20.9. The Morgan fingerprint density at radius 1 is 0.381 bits per heavy atom. The van der Waals surface area contributed by atoms with E-state index in [9.17, 15) is 0 Å². The first-order valence-electron chi connectivity index (χ1n) is 14.3. The van der Waals surface area contributed by atoms with Crippen LogP contribution >= 0.6 is 0 Å². The summed E-state index contributed by atoms with van der Waals surface area (Å²) in [7, 11) is -2.95. The van der Waals surface area contributed by atoms with E-state index in [0.29, 0.717) is 0 Å². The van der Waals surface area contributed by atoms with Crippen molar-refractivity contribution >= 4 is 28.8 Å². The van der Waals surface area contributed by atoms with Crippen molar-refractivity contribution in [3.05, 3.63) is 182 Å². The second-order valence-electron chi connectivity index (χ2n) is 10.4. The molecular formula is C39H30N2Si. The van der Waals surface area contributed by atoms with Crippen LogP contribution in [0.15, 0.2) is 182 Å². The molecule has 2 nitrogen and oxygen atoms in total. The summed E-state index contributed by atoms with van der Waals surface area (Å²) in [5, 5.41) is 10.8. The summed E-state index contributed by atoms with van der Waals surface area (Å²) in [5.74, 6) is 0. The van der Waals surface area contributed by atoms with E-state index in [2.05, 4.69) is 187 Å². The van der Waals surface area contributed by atoms with Crippen molar-refractivity contribution in [2.75, 3.05) is 0 Å². The molecule has 0 aliphatic carbocycles. The van der Waals surface area contributed by atoms with E-state index in [1.807, 2.05) is 0 Å². The van der Waals surface area contributed by atoms with Crippen LogP contribution in [-0.4, -0.2) is 17.9 Å². The van der Waals surface area contributed by atoms with Crippen LogP contribution in [0.2, 0.25) is 0 Å². The van der Waals surface area contributed by atoms with Crippen molar-refractivity contribution in [1.29, 1.82) is 0 Å². The van der Waals surface area contributed by atoms with Crippen molar-refractivity contribution < 1.29 is 0 Å². The van der Waals surface area contributed by atoms with E-state index in [1.165, 1.54) is 20.7 Å². The van der Waals surface area contributed by atoms with Gasteiger partial charge in [0.05, 0.1) is 17.1 Å². The molecular weight excluding hydrogens is 525 g/mol. The van der Waals surface area contributed by atoms with Gasteiger partial charge in [-0.15, -0.1) is 0 Å². The Balaban J connectivity index is 1.74. The summed E-state index contributed by atoms with van der Waals surface area (Å²) in [6.07, 6.45) is 0. The maximum Gasteiger partial charge on any atom is 0.184 e. The van der Waals surface area contributed by atoms with E-state index in [1.54, 1.807) is 0 Å². The molecule has 1 aromatic heterocycles. The minimum absolute atomic E-state index is 1.02. The highest BCUT2D eigenvalue weighted by molar-refractivity contribution is 7.20. The summed E-state index contributed by atoms with van der Waals surface area (Å²) in [4.78, 5) is 0. The number of hydrogen-bond donors (Lipinski definition) is 0. The van der Waals surface area contributed by atoms with E-state index in [4.69, 9.17) is 5.10 Å². The van der Waals surface area contributed by atoms with Crippen LogP contribution in [0, 0.1) is 0 Å². The highest BCUT2D eigenvalue weighted by Crippen LogP contribution is 2.30. The lowest BCUT2D eigenvalue weighted by Gasteiger charge is -2.35. The van der Waals surface area contributed by atoms with Gasteiger partial charge in [-0.05, 0) is 27.7 Å². The summed E-state index contributed by atoms with van der Waals surface area (Å²) >= 11 is 0. The topological polar surface area (TPSA) is 17.8 Å². The van der Waals surface area contributed by atoms with E-state index >= 15 is 0 Å². The van der Waals surface area contributed by atoms with Gasteiger partial charge in [0.25, 0.3) is 0 Å². The first kappa shape index (κ1) is 25.7. The van der Waals surface area contributed by atoms with Crippen molar-refractivity contribution in [2.24, 2.45) is 0 Å². The maximum absolute atomic E-state index is 5.52. The van der Waals surface area contributed by atoms with Gasteiger partial charge in [-0.25, -0.2) is 4.68 Å². The van der Waals surface area contributed by atoms with Gasteiger partial charge in [0, 0.05) is 16.3 Å². The van der Waals surface area contributed by atoms with Crippen LogP contribution < -0.4 is 20.7 Å². The summed E-state index contributed by atoms with van der Waals surface area (Å²) in [6.45, 7) is 0. The molecule has 0 unspecified atom stereocenters. The first-order valence-corrected chi connectivity index (χ1v) is 16.3. The second kappa shape index (κ2) is 11.3. The van der Waals surface area contributed by atoms with Gasteiger partial charge in [-0.2, -0.15) is 5.10 Å². The Bertz CT molecular complexity index is 1790. The third kappa shape index (κ3) is 4.41. The molecule has 0 saturated carbocycles. The average molecular weight is 555 g/mol. The molecule has 0 bridgehead atoms. The smallest absolute Gasteiger partial charge is 0.184 e. The lowest BCUT2D eigenvalue weighted by Crippen LogP contribution is -2.75. The number of para-hydroxylation sites is 1. The van der Waals surface area contributed by atoms with Gasteiger partial charge < -0.3 is 0 Å². The van der Waals surface area contributed by atoms with Crippen molar-refractivity contribution in [3.8, 4) is 28.2 Å². The number of nitrogens with zero attached hydrogens (tertiary/aromatic N) is 2. The van der Waals surface area contributed by atoms with Gasteiger partial charge in [-0.3, -0.25) is 0 Å². The van der Waals surface area contributed by atoms with Crippen LogP contribution in [0.25, 0.3) is 28.2 Å². The van der Waals surface area contributed by atoms with Crippen LogP contribution in [0.4, 0.5) is 0 Å². The molecule has 0 saturated heterocycles. The highest BCUT2D eigenvalue weighted by atomic mass is 28.3. The molecule has 0 atom stereocenters. The minimum Gasteiger partial charge on any atom is -0.233 e. The largest absolute Gasteiger partial charge is 0.233 e.